The van der Waals surface area contributed by atoms with E-state index in [4.69, 9.17) is 9.47 Å². The van der Waals surface area contributed by atoms with Crippen LogP contribution in [0.2, 0.25) is 0 Å². The molecule has 1 unspecified atom stereocenters. The summed E-state index contributed by atoms with van der Waals surface area (Å²) in [5.41, 5.74) is 2.10. The van der Waals surface area contributed by atoms with Gasteiger partial charge in [-0.3, -0.25) is 9.59 Å². The van der Waals surface area contributed by atoms with Crippen molar-refractivity contribution in [2.24, 2.45) is 0 Å². The smallest absolute Gasteiger partial charge is 0.248 e. The number of carbonyl (C=O) groups excluding carboxylic acids is 2. The number of rotatable bonds is 8. The lowest BCUT2D eigenvalue weighted by molar-refractivity contribution is -0.149. The van der Waals surface area contributed by atoms with E-state index in [0.29, 0.717) is 26.2 Å². The van der Waals surface area contributed by atoms with Gasteiger partial charge in [0.25, 0.3) is 0 Å². The highest BCUT2D eigenvalue weighted by atomic mass is 16.5. The molecule has 2 aromatic carbocycles. The van der Waals surface area contributed by atoms with Crippen LogP contribution in [-0.4, -0.2) is 49.1 Å². The number of morpholine rings is 1. The summed E-state index contributed by atoms with van der Waals surface area (Å²) in [4.78, 5) is 25.8. The first-order chi connectivity index (χ1) is 13.2. The van der Waals surface area contributed by atoms with Gasteiger partial charge in [0.05, 0.1) is 12.7 Å². The molecule has 2 amide bonds. The average Bonchev–Trinajstić information content (AvgIpc) is 2.70. The zero-order chi connectivity index (χ0) is 18.9. The number of carbonyl (C=O) groups is 2. The molecule has 27 heavy (non-hydrogen) atoms. The second-order valence-corrected chi connectivity index (χ2v) is 6.48. The van der Waals surface area contributed by atoms with Crippen molar-refractivity contribution < 1.29 is 19.1 Å². The Bertz CT molecular complexity index is 736. The maximum Gasteiger partial charge on any atom is 0.248 e. The Morgan fingerprint density at radius 1 is 1.07 bits per heavy atom. The van der Waals surface area contributed by atoms with Crippen molar-refractivity contribution in [2.75, 3.05) is 26.3 Å². The number of ether oxygens (including phenoxy) is 2. The summed E-state index contributed by atoms with van der Waals surface area (Å²) in [6.07, 6.45) is -0.218. The fraction of sp³-hybridized carbons (Fsp3) is 0.333. The summed E-state index contributed by atoms with van der Waals surface area (Å²) in [6.45, 7) is 1.79. The first-order valence-electron chi connectivity index (χ1n) is 9.02. The molecule has 0 bridgehead atoms. The van der Waals surface area contributed by atoms with Crippen molar-refractivity contribution >= 4 is 11.8 Å². The van der Waals surface area contributed by atoms with Crippen molar-refractivity contribution in [2.45, 2.75) is 19.3 Å². The Balaban J connectivity index is 1.38. The first kappa shape index (κ1) is 19.1. The van der Waals surface area contributed by atoms with Gasteiger partial charge in [0, 0.05) is 19.6 Å². The molecule has 2 aromatic rings. The third-order valence-electron chi connectivity index (χ3n) is 4.31. The third kappa shape index (κ3) is 6.20. The van der Waals surface area contributed by atoms with Crippen molar-refractivity contribution in [3.63, 3.8) is 0 Å². The molecule has 0 spiro atoms. The Hall–Kier alpha value is -2.70. The minimum atomic E-state index is -0.218. The Morgan fingerprint density at radius 3 is 2.44 bits per heavy atom. The molecule has 3 rings (SSSR count). The number of hydrogen-bond donors (Lipinski definition) is 1. The molecular formula is C21H24N2O4. The lowest BCUT2D eigenvalue weighted by Gasteiger charge is -2.33. The standard InChI is InChI=1S/C21H24N2O4/c24-20(15-26-14-18-9-5-2-6-10-18)22-11-19-13-23(21(25)16-27-19)12-17-7-3-1-4-8-17/h1-10,19H,11-16H2,(H,22,24). The van der Waals surface area contributed by atoms with Gasteiger partial charge < -0.3 is 19.7 Å². The van der Waals surface area contributed by atoms with Gasteiger partial charge in [0.2, 0.25) is 11.8 Å². The molecule has 1 saturated heterocycles. The molecule has 0 aromatic heterocycles. The molecule has 0 saturated carbocycles. The van der Waals surface area contributed by atoms with E-state index in [2.05, 4.69) is 5.32 Å². The highest BCUT2D eigenvalue weighted by Crippen LogP contribution is 2.11. The maximum absolute atomic E-state index is 12.1. The van der Waals surface area contributed by atoms with E-state index in [1.54, 1.807) is 4.90 Å². The van der Waals surface area contributed by atoms with Crippen LogP contribution in [-0.2, 0) is 32.2 Å². The van der Waals surface area contributed by atoms with Crippen LogP contribution in [0.25, 0.3) is 0 Å². The van der Waals surface area contributed by atoms with E-state index in [-0.39, 0.29) is 31.1 Å². The molecule has 1 heterocycles. The molecule has 6 heteroatoms. The number of hydrogen-bond acceptors (Lipinski definition) is 4. The largest absolute Gasteiger partial charge is 0.367 e. The summed E-state index contributed by atoms with van der Waals surface area (Å²) < 4.78 is 11.0. The van der Waals surface area contributed by atoms with E-state index >= 15 is 0 Å². The number of nitrogens with zero attached hydrogens (tertiary/aromatic N) is 1. The number of nitrogens with one attached hydrogen (secondary N) is 1. The van der Waals surface area contributed by atoms with Crippen molar-refractivity contribution in [3.05, 3.63) is 71.8 Å². The molecule has 6 nitrogen and oxygen atoms in total. The number of amides is 2. The molecule has 1 atom stereocenters. The predicted octanol–water partition coefficient (Wildman–Crippen LogP) is 1.75. The topological polar surface area (TPSA) is 67.9 Å². The van der Waals surface area contributed by atoms with Gasteiger partial charge in [-0.1, -0.05) is 60.7 Å². The fourth-order valence-electron chi connectivity index (χ4n) is 2.88. The quantitative estimate of drug-likeness (QED) is 0.771. The second kappa shape index (κ2) is 9.85. The molecule has 0 radical (unpaired) electrons. The fourth-order valence-corrected chi connectivity index (χ4v) is 2.88. The summed E-state index contributed by atoms with van der Waals surface area (Å²) >= 11 is 0. The second-order valence-electron chi connectivity index (χ2n) is 6.48. The van der Waals surface area contributed by atoms with Gasteiger partial charge in [-0.15, -0.1) is 0 Å². The third-order valence-corrected chi connectivity index (χ3v) is 4.31. The van der Waals surface area contributed by atoms with E-state index in [9.17, 15) is 9.59 Å². The highest BCUT2D eigenvalue weighted by Gasteiger charge is 2.26. The normalized spacial score (nSPS) is 17.0. The summed E-state index contributed by atoms with van der Waals surface area (Å²) in [5.74, 6) is -0.228. The van der Waals surface area contributed by atoms with E-state index in [1.165, 1.54) is 0 Å². The number of benzene rings is 2. The van der Waals surface area contributed by atoms with Crippen LogP contribution < -0.4 is 5.32 Å². The lowest BCUT2D eigenvalue weighted by Crippen LogP contribution is -2.50. The van der Waals surface area contributed by atoms with Crippen molar-refractivity contribution in [1.82, 2.24) is 10.2 Å². The first-order valence-corrected chi connectivity index (χ1v) is 9.02. The van der Waals surface area contributed by atoms with Gasteiger partial charge in [-0.2, -0.15) is 0 Å². The summed E-state index contributed by atoms with van der Waals surface area (Å²) in [6, 6.07) is 19.5. The van der Waals surface area contributed by atoms with Gasteiger partial charge in [0.1, 0.15) is 13.2 Å². The molecular weight excluding hydrogens is 344 g/mol. The molecule has 1 aliphatic rings. The van der Waals surface area contributed by atoms with E-state index in [1.807, 2.05) is 60.7 Å². The highest BCUT2D eigenvalue weighted by molar-refractivity contribution is 5.78. The van der Waals surface area contributed by atoms with Crippen LogP contribution in [0, 0.1) is 0 Å². The summed E-state index contributed by atoms with van der Waals surface area (Å²) in [7, 11) is 0. The van der Waals surface area contributed by atoms with Crippen LogP contribution in [0.15, 0.2) is 60.7 Å². The van der Waals surface area contributed by atoms with E-state index in [0.717, 1.165) is 11.1 Å². The van der Waals surface area contributed by atoms with Gasteiger partial charge in [-0.25, -0.2) is 0 Å². The zero-order valence-electron chi connectivity index (χ0n) is 15.2. The summed E-state index contributed by atoms with van der Waals surface area (Å²) in [5, 5.41) is 2.81. The molecule has 1 aliphatic heterocycles. The molecule has 1 fully saturated rings. The predicted molar refractivity (Wildman–Crippen MR) is 101 cm³/mol. The van der Waals surface area contributed by atoms with Crippen LogP contribution >= 0.6 is 0 Å². The van der Waals surface area contributed by atoms with Crippen LogP contribution in [0.3, 0.4) is 0 Å². The maximum atomic E-state index is 12.1. The van der Waals surface area contributed by atoms with Crippen LogP contribution in [0.5, 0.6) is 0 Å². The monoisotopic (exact) mass is 368 g/mol. The lowest BCUT2D eigenvalue weighted by atomic mass is 10.2. The zero-order valence-corrected chi connectivity index (χ0v) is 15.2. The van der Waals surface area contributed by atoms with E-state index < -0.39 is 0 Å². The molecule has 0 aliphatic carbocycles. The van der Waals surface area contributed by atoms with Gasteiger partial charge >= 0.3 is 0 Å². The molecule has 1 N–H and O–H groups in total. The van der Waals surface area contributed by atoms with Gasteiger partial charge in [-0.05, 0) is 11.1 Å². The Labute approximate surface area is 159 Å². The SMILES string of the molecule is O=C(COCc1ccccc1)NCC1CN(Cc2ccccc2)C(=O)CO1. The Kier molecular flexibility index (Phi) is 6.96. The average molecular weight is 368 g/mol. The van der Waals surface area contributed by atoms with Gasteiger partial charge in [0.15, 0.2) is 0 Å². The van der Waals surface area contributed by atoms with Crippen LogP contribution in [0.4, 0.5) is 0 Å². The van der Waals surface area contributed by atoms with Crippen molar-refractivity contribution in [3.8, 4) is 0 Å². The minimum Gasteiger partial charge on any atom is -0.367 e. The van der Waals surface area contributed by atoms with Crippen molar-refractivity contribution in [1.29, 1.82) is 0 Å². The minimum absolute atomic E-state index is 0.00568. The Morgan fingerprint density at radius 2 is 1.74 bits per heavy atom. The van der Waals surface area contributed by atoms with Crippen LogP contribution in [0.1, 0.15) is 11.1 Å². The molecule has 142 valence electrons.